The van der Waals surface area contributed by atoms with Crippen LogP contribution in [-0.4, -0.2) is 17.6 Å². The van der Waals surface area contributed by atoms with Crippen LogP contribution in [0.5, 0.6) is 0 Å². The number of hydrogen-bond donors (Lipinski definition) is 2. The summed E-state index contributed by atoms with van der Waals surface area (Å²) in [5.41, 5.74) is 2.59. The Balaban J connectivity index is 1.69. The number of hydrogen-bond acceptors (Lipinski definition) is 4. The average Bonchev–Trinajstić information content (AvgIpc) is 3.02. The first kappa shape index (κ1) is 17.0. The number of nitriles is 1. The first-order valence-electron chi connectivity index (χ1n) is 7.53. The lowest BCUT2D eigenvalue weighted by atomic mass is 10.1. The second-order valence-electron chi connectivity index (χ2n) is 5.50. The largest absolute Gasteiger partial charge is 0.338 e. The Bertz CT molecular complexity index is 685. The van der Waals surface area contributed by atoms with E-state index in [9.17, 15) is 4.79 Å². The van der Waals surface area contributed by atoms with Gasteiger partial charge in [-0.25, -0.2) is 9.78 Å². The van der Waals surface area contributed by atoms with Crippen LogP contribution < -0.4 is 10.6 Å². The molecule has 0 aliphatic rings. The van der Waals surface area contributed by atoms with E-state index >= 15 is 0 Å². The summed E-state index contributed by atoms with van der Waals surface area (Å²) in [7, 11) is 0. The van der Waals surface area contributed by atoms with Crippen molar-refractivity contribution in [1.29, 1.82) is 5.26 Å². The molecule has 0 atom stereocenters. The Morgan fingerprint density at radius 3 is 2.65 bits per heavy atom. The van der Waals surface area contributed by atoms with Gasteiger partial charge in [0.25, 0.3) is 0 Å². The number of carbonyl (C=O) groups is 1. The third-order valence-corrected chi connectivity index (χ3v) is 4.46. The highest BCUT2D eigenvalue weighted by Gasteiger charge is 2.06. The molecule has 6 heteroatoms. The maximum atomic E-state index is 11.8. The third kappa shape index (κ3) is 5.38. The number of rotatable bonds is 6. The molecule has 0 saturated carbocycles. The maximum absolute atomic E-state index is 11.8. The van der Waals surface area contributed by atoms with Gasteiger partial charge in [-0.1, -0.05) is 26.0 Å². The van der Waals surface area contributed by atoms with Crippen molar-refractivity contribution in [2.75, 3.05) is 6.54 Å². The van der Waals surface area contributed by atoms with Gasteiger partial charge in [0.2, 0.25) is 0 Å². The summed E-state index contributed by atoms with van der Waals surface area (Å²) >= 11 is 1.66. The van der Waals surface area contributed by atoms with Gasteiger partial charge in [0.05, 0.1) is 22.3 Å². The molecule has 0 aliphatic heterocycles. The van der Waals surface area contributed by atoms with Crippen molar-refractivity contribution < 1.29 is 4.79 Å². The molecule has 5 nitrogen and oxygen atoms in total. The number of benzene rings is 1. The molecule has 2 amide bonds. The lowest BCUT2D eigenvalue weighted by molar-refractivity contribution is 0.240. The van der Waals surface area contributed by atoms with Crippen LogP contribution in [0, 0.1) is 11.3 Å². The molecule has 2 N–H and O–H groups in total. The van der Waals surface area contributed by atoms with Crippen LogP contribution in [0.3, 0.4) is 0 Å². The summed E-state index contributed by atoms with van der Waals surface area (Å²) in [5, 5.41) is 17.5. The zero-order valence-electron chi connectivity index (χ0n) is 13.3. The summed E-state index contributed by atoms with van der Waals surface area (Å²) < 4.78 is 0. The summed E-state index contributed by atoms with van der Waals surface area (Å²) in [6, 6.07) is 9.01. The number of amides is 2. The normalized spacial score (nSPS) is 10.3. The second-order valence-corrected chi connectivity index (χ2v) is 6.39. The Kier molecular flexibility index (Phi) is 6.12. The van der Waals surface area contributed by atoms with E-state index in [1.54, 1.807) is 23.5 Å². The fourth-order valence-corrected chi connectivity index (χ4v) is 2.82. The van der Waals surface area contributed by atoms with Crippen molar-refractivity contribution in [3.63, 3.8) is 0 Å². The van der Waals surface area contributed by atoms with Crippen LogP contribution in [-0.2, 0) is 13.0 Å². The van der Waals surface area contributed by atoms with E-state index < -0.39 is 0 Å². The van der Waals surface area contributed by atoms with Crippen LogP contribution in [0.4, 0.5) is 4.79 Å². The van der Waals surface area contributed by atoms with Crippen molar-refractivity contribution in [3.05, 3.63) is 51.5 Å². The monoisotopic (exact) mass is 328 g/mol. The van der Waals surface area contributed by atoms with E-state index in [1.807, 2.05) is 17.5 Å². The summed E-state index contributed by atoms with van der Waals surface area (Å²) in [6.45, 7) is 5.24. The Morgan fingerprint density at radius 2 is 2.04 bits per heavy atom. The molecule has 0 saturated heterocycles. The van der Waals surface area contributed by atoms with Gasteiger partial charge >= 0.3 is 6.03 Å². The lowest BCUT2D eigenvalue weighted by Crippen LogP contribution is -2.36. The van der Waals surface area contributed by atoms with Crippen molar-refractivity contribution >= 4 is 17.4 Å². The molecule has 1 aromatic heterocycles. The molecule has 0 aliphatic carbocycles. The molecule has 0 spiro atoms. The molecule has 1 aromatic carbocycles. The van der Waals surface area contributed by atoms with Gasteiger partial charge in [0.1, 0.15) is 0 Å². The van der Waals surface area contributed by atoms with Gasteiger partial charge in [0, 0.05) is 30.8 Å². The van der Waals surface area contributed by atoms with E-state index in [1.165, 1.54) is 0 Å². The van der Waals surface area contributed by atoms with Crippen molar-refractivity contribution in [3.8, 4) is 6.07 Å². The van der Waals surface area contributed by atoms with E-state index in [0.29, 0.717) is 24.6 Å². The topological polar surface area (TPSA) is 77.8 Å². The van der Waals surface area contributed by atoms with Crippen LogP contribution in [0.2, 0.25) is 0 Å². The Morgan fingerprint density at radius 1 is 1.30 bits per heavy atom. The van der Waals surface area contributed by atoms with E-state index in [4.69, 9.17) is 5.26 Å². The van der Waals surface area contributed by atoms with Crippen LogP contribution in [0.15, 0.2) is 29.6 Å². The molecule has 0 fully saturated rings. The highest BCUT2D eigenvalue weighted by molar-refractivity contribution is 7.09. The SMILES string of the molecule is CC(C)c1nc(CCNC(=O)NCc2ccc(C#N)cc2)cs1. The van der Waals surface area contributed by atoms with Crippen molar-refractivity contribution in [2.24, 2.45) is 0 Å². The second kappa shape index (κ2) is 8.30. The quantitative estimate of drug-likeness (QED) is 0.855. The minimum absolute atomic E-state index is 0.200. The number of aromatic nitrogens is 1. The molecule has 120 valence electrons. The zero-order chi connectivity index (χ0) is 16.7. The number of urea groups is 1. The molecule has 0 unspecified atom stereocenters. The van der Waals surface area contributed by atoms with Crippen LogP contribution in [0.1, 0.15) is 41.6 Å². The lowest BCUT2D eigenvalue weighted by Gasteiger charge is -2.07. The maximum Gasteiger partial charge on any atom is 0.315 e. The van der Waals surface area contributed by atoms with Crippen LogP contribution in [0.25, 0.3) is 0 Å². The summed E-state index contributed by atoms with van der Waals surface area (Å²) in [5.74, 6) is 0.442. The molecule has 23 heavy (non-hydrogen) atoms. The van der Waals surface area contributed by atoms with Gasteiger partial charge in [0.15, 0.2) is 0 Å². The Labute approximate surface area is 140 Å². The third-order valence-electron chi connectivity index (χ3n) is 3.27. The highest BCUT2D eigenvalue weighted by atomic mass is 32.1. The molecular formula is C17H20N4OS. The summed E-state index contributed by atoms with van der Waals surface area (Å²) in [4.78, 5) is 16.3. The minimum atomic E-state index is -0.200. The average molecular weight is 328 g/mol. The molecular weight excluding hydrogens is 308 g/mol. The fraction of sp³-hybridized carbons (Fsp3) is 0.353. The number of carbonyl (C=O) groups excluding carboxylic acids is 1. The van der Waals surface area contributed by atoms with Crippen molar-refractivity contribution in [2.45, 2.75) is 32.7 Å². The summed E-state index contributed by atoms with van der Waals surface area (Å²) in [6.07, 6.45) is 0.730. The van der Waals surface area contributed by atoms with Gasteiger partial charge in [-0.3, -0.25) is 0 Å². The van der Waals surface area contributed by atoms with E-state index in [-0.39, 0.29) is 6.03 Å². The number of nitrogens with one attached hydrogen (secondary N) is 2. The fourth-order valence-electron chi connectivity index (χ4n) is 1.95. The standard InChI is InChI=1S/C17H20N4OS/c1-12(2)16-21-15(11-23-16)7-8-19-17(22)20-10-14-5-3-13(9-18)4-6-14/h3-6,11-12H,7-8,10H2,1-2H3,(H2,19,20,22). The Hall–Kier alpha value is -2.39. The first-order chi connectivity index (χ1) is 11.1. The molecule has 2 aromatic rings. The first-order valence-corrected chi connectivity index (χ1v) is 8.41. The highest BCUT2D eigenvalue weighted by Crippen LogP contribution is 2.19. The van der Waals surface area contributed by atoms with Gasteiger partial charge in [-0.15, -0.1) is 11.3 Å². The van der Waals surface area contributed by atoms with Crippen LogP contribution >= 0.6 is 11.3 Å². The number of thiazole rings is 1. The molecule has 0 bridgehead atoms. The molecule has 1 heterocycles. The van der Waals surface area contributed by atoms with Gasteiger partial charge in [-0.05, 0) is 17.7 Å². The van der Waals surface area contributed by atoms with Gasteiger partial charge < -0.3 is 10.6 Å². The molecule has 2 rings (SSSR count). The smallest absolute Gasteiger partial charge is 0.315 e. The number of nitrogens with zero attached hydrogens (tertiary/aromatic N) is 2. The predicted molar refractivity (Wildman–Crippen MR) is 91.3 cm³/mol. The minimum Gasteiger partial charge on any atom is -0.338 e. The van der Waals surface area contributed by atoms with E-state index in [2.05, 4.69) is 35.5 Å². The zero-order valence-corrected chi connectivity index (χ0v) is 14.1. The van der Waals surface area contributed by atoms with Crippen molar-refractivity contribution in [1.82, 2.24) is 15.6 Å². The van der Waals surface area contributed by atoms with Gasteiger partial charge in [-0.2, -0.15) is 5.26 Å². The predicted octanol–water partition coefficient (Wildman–Crippen LogP) is 3.18. The molecule has 0 radical (unpaired) electrons. The van der Waals surface area contributed by atoms with E-state index in [0.717, 1.165) is 22.7 Å².